The molecule has 0 heterocycles. The Kier molecular flexibility index (Phi) is 12.6. The fourth-order valence-electron chi connectivity index (χ4n) is 3.38. The summed E-state index contributed by atoms with van der Waals surface area (Å²) >= 11 is 4.01. The second kappa shape index (κ2) is 14.6. The lowest BCUT2D eigenvalue weighted by atomic mass is 9.99. The first kappa shape index (κ1) is 30.2. The molecule has 0 fully saturated rings. The van der Waals surface area contributed by atoms with E-state index in [9.17, 15) is 29.4 Å². The number of carbonyl (C=O) groups excluding carboxylic acids is 3. The van der Waals surface area contributed by atoms with Crippen LogP contribution in [-0.4, -0.2) is 63.8 Å². The number of nitrogens with two attached hydrogens (primary N) is 1. The van der Waals surface area contributed by atoms with Crippen LogP contribution in [0.4, 0.5) is 0 Å². The average Bonchev–Trinajstić information content (AvgIpc) is 2.77. The lowest BCUT2D eigenvalue weighted by Gasteiger charge is -2.26. The van der Waals surface area contributed by atoms with Gasteiger partial charge in [-0.25, -0.2) is 4.79 Å². The minimum atomic E-state index is -1.24. The molecule has 196 valence electrons. The molecule has 4 atom stereocenters. The maximum absolute atomic E-state index is 13.1. The van der Waals surface area contributed by atoms with Crippen LogP contribution in [0.3, 0.4) is 0 Å². The van der Waals surface area contributed by atoms with Gasteiger partial charge in [0, 0.05) is 12.2 Å². The van der Waals surface area contributed by atoms with Crippen LogP contribution in [0, 0.1) is 11.8 Å². The number of carboxylic acid groups (broad SMARTS) is 1. The Balaban J connectivity index is 3.01. The zero-order chi connectivity index (χ0) is 26.7. The summed E-state index contributed by atoms with van der Waals surface area (Å²) in [4.78, 5) is 50.2. The molecular formula is C24H38N4O6S. The molecule has 0 radical (unpaired) electrons. The first-order valence-corrected chi connectivity index (χ1v) is 12.3. The Morgan fingerprint density at radius 3 is 1.66 bits per heavy atom. The quantitative estimate of drug-likeness (QED) is 0.182. The Morgan fingerprint density at radius 1 is 0.829 bits per heavy atom. The Labute approximate surface area is 211 Å². The number of amides is 3. The van der Waals surface area contributed by atoms with Crippen LogP contribution in [0.1, 0.15) is 46.1 Å². The van der Waals surface area contributed by atoms with Crippen molar-refractivity contribution in [2.45, 2.75) is 71.1 Å². The number of aliphatic carboxylic acids is 1. The fraction of sp³-hybridized carbons (Fsp3) is 0.583. The van der Waals surface area contributed by atoms with E-state index in [-0.39, 0.29) is 36.2 Å². The Hall–Kier alpha value is -2.79. The van der Waals surface area contributed by atoms with Gasteiger partial charge in [0.1, 0.15) is 23.9 Å². The summed E-state index contributed by atoms with van der Waals surface area (Å²) in [5.41, 5.74) is 6.32. The third kappa shape index (κ3) is 11.0. The van der Waals surface area contributed by atoms with Crippen LogP contribution in [0.5, 0.6) is 5.75 Å². The summed E-state index contributed by atoms with van der Waals surface area (Å²) in [6, 6.07) is 1.96. The maximum Gasteiger partial charge on any atom is 0.326 e. The SMILES string of the molecule is CC(C)CC(NC(=O)C(N)CS)C(=O)NC(CC(C)C)C(=O)NC(Cc1ccc(O)cc1)C(=O)O. The highest BCUT2D eigenvalue weighted by Crippen LogP contribution is 2.13. The molecule has 0 bridgehead atoms. The molecule has 1 aromatic rings. The second-order valence-corrected chi connectivity index (χ2v) is 9.81. The largest absolute Gasteiger partial charge is 0.508 e. The van der Waals surface area contributed by atoms with E-state index in [1.807, 2.05) is 27.7 Å². The van der Waals surface area contributed by atoms with Crippen molar-refractivity contribution in [1.29, 1.82) is 0 Å². The lowest BCUT2D eigenvalue weighted by Crippen LogP contribution is -2.57. The molecule has 11 heteroatoms. The molecule has 35 heavy (non-hydrogen) atoms. The third-order valence-electron chi connectivity index (χ3n) is 5.20. The summed E-state index contributed by atoms with van der Waals surface area (Å²) in [6.07, 6.45) is 0.588. The summed E-state index contributed by atoms with van der Waals surface area (Å²) in [6.45, 7) is 7.53. The van der Waals surface area contributed by atoms with Gasteiger partial charge in [-0.1, -0.05) is 39.8 Å². The fourth-order valence-corrected chi connectivity index (χ4v) is 3.55. The smallest absolute Gasteiger partial charge is 0.326 e. The van der Waals surface area contributed by atoms with Crippen LogP contribution in [0.25, 0.3) is 0 Å². The van der Waals surface area contributed by atoms with Crippen LogP contribution in [0.2, 0.25) is 0 Å². The number of hydrogen-bond acceptors (Lipinski definition) is 7. The number of thiol groups is 1. The van der Waals surface area contributed by atoms with Crippen LogP contribution in [0.15, 0.2) is 24.3 Å². The highest BCUT2D eigenvalue weighted by molar-refractivity contribution is 7.80. The number of aromatic hydroxyl groups is 1. The van der Waals surface area contributed by atoms with Gasteiger partial charge in [-0.3, -0.25) is 14.4 Å². The molecule has 0 aromatic heterocycles. The molecule has 0 aliphatic carbocycles. The number of nitrogens with one attached hydrogen (secondary N) is 3. The number of carbonyl (C=O) groups is 4. The van der Waals surface area contributed by atoms with Crippen LogP contribution in [-0.2, 0) is 25.6 Å². The van der Waals surface area contributed by atoms with Gasteiger partial charge in [-0.2, -0.15) is 12.6 Å². The van der Waals surface area contributed by atoms with Gasteiger partial charge in [0.15, 0.2) is 0 Å². The molecule has 7 N–H and O–H groups in total. The molecule has 4 unspecified atom stereocenters. The van der Waals surface area contributed by atoms with E-state index in [0.29, 0.717) is 12.0 Å². The van der Waals surface area contributed by atoms with E-state index in [1.54, 1.807) is 12.1 Å². The molecule has 1 rings (SSSR count). The van der Waals surface area contributed by atoms with Gasteiger partial charge in [0.25, 0.3) is 0 Å². The van der Waals surface area contributed by atoms with Gasteiger partial charge >= 0.3 is 5.97 Å². The van der Waals surface area contributed by atoms with Gasteiger partial charge < -0.3 is 31.9 Å². The number of carboxylic acids is 1. The number of rotatable bonds is 14. The lowest BCUT2D eigenvalue weighted by molar-refractivity contribution is -0.142. The summed E-state index contributed by atoms with van der Waals surface area (Å²) in [7, 11) is 0. The molecule has 10 nitrogen and oxygen atoms in total. The van der Waals surface area contributed by atoms with Crippen LogP contribution < -0.4 is 21.7 Å². The van der Waals surface area contributed by atoms with E-state index in [0.717, 1.165) is 0 Å². The van der Waals surface area contributed by atoms with Gasteiger partial charge in [-0.15, -0.1) is 0 Å². The van der Waals surface area contributed by atoms with Gasteiger partial charge in [0.05, 0.1) is 6.04 Å². The molecule has 3 amide bonds. The topological polar surface area (TPSA) is 171 Å². The standard InChI is InChI=1S/C24H38N4O6S/c1-13(2)9-18(26-21(30)17(25)12-35)22(31)27-19(10-14(3)4)23(32)28-20(24(33)34)11-15-5-7-16(29)8-6-15/h5-8,13-14,17-20,29,35H,9-12,25H2,1-4H3,(H,26,30)(H,27,31)(H,28,32)(H,33,34). The van der Waals surface area contributed by atoms with Crippen molar-refractivity contribution in [2.24, 2.45) is 17.6 Å². The normalized spacial score (nSPS) is 14.6. The monoisotopic (exact) mass is 510 g/mol. The van der Waals surface area contributed by atoms with Crippen molar-refractivity contribution in [3.8, 4) is 5.75 Å². The molecule has 0 saturated heterocycles. The predicted molar refractivity (Wildman–Crippen MR) is 136 cm³/mol. The van der Waals surface area contributed by atoms with Crippen molar-refractivity contribution in [2.75, 3.05) is 5.75 Å². The number of phenols is 1. The molecule has 0 aliphatic rings. The Morgan fingerprint density at radius 2 is 1.26 bits per heavy atom. The minimum absolute atomic E-state index is 0.00263. The summed E-state index contributed by atoms with van der Waals surface area (Å²) < 4.78 is 0. The van der Waals surface area contributed by atoms with Gasteiger partial charge in [-0.05, 0) is 42.4 Å². The van der Waals surface area contributed by atoms with E-state index in [1.165, 1.54) is 12.1 Å². The van der Waals surface area contributed by atoms with E-state index < -0.39 is 47.9 Å². The number of hydrogen-bond donors (Lipinski definition) is 7. The zero-order valence-corrected chi connectivity index (χ0v) is 21.5. The van der Waals surface area contributed by atoms with Gasteiger partial charge in [0.2, 0.25) is 17.7 Å². The summed E-state index contributed by atoms with van der Waals surface area (Å²) in [5.74, 6) is -2.71. The zero-order valence-electron chi connectivity index (χ0n) is 20.7. The van der Waals surface area contributed by atoms with E-state index in [4.69, 9.17) is 5.73 Å². The highest BCUT2D eigenvalue weighted by Gasteiger charge is 2.31. The number of phenolic OH excluding ortho intramolecular Hbond substituents is 1. The second-order valence-electron chi connectivity index (χ2n) is 9.44. The maximum atomic E-state index is 13.1. The molecular weight excluding hydrogens is 472 g/mol. The third-order valence-corrected chi connectivity index (χ3v) is 5.60. The average molecular weight is 511 g/mol. The van der Waals surface area contributed by atoms with Crippen molar-refractivity contribution in [1.82, 2.24) is 16.0 Å². The minimum Gasteiger partial charge on any atom is -0.508 e. The molecule has 0 aliphatic heterocycles. The first-order valence-electron chi connectivity index (χ1n) is 11.6. The van der Waals surface area contributed by atoms with E-state index in [2.05, 4.69) is 28.6 Å². The van der Waals surface area contributed by atoms with E-state index >= 15 is 0 Å². The molecule has 1 aromatic carbocycles. The van der Waals surface area contributed by atoms with Crippen LogP contribution >= 0.6 is 12.6 Å². The predicted octanol–water partition coefficient (Wildman–Crippen LogP) is 0.823. The Bertz CT molecular complexity index is 862. The van der Waals surface area contributed by atoms with Crippen molar-refractivity contribution >= 4 is 36.3 Å². The highest BCUT2D eigenvalue weighted by atomic mass is 32.1. The summed E-state index contributed by atoms with van der Waals surface area (Å²) in [5, 5.41) is 26.9. The molecule has 0 saturated carbocycles. The molecule has 0 spiro atoms. The number of benzene rings is 1. The first-order chi connectivity index (χ1) is 16.3. The van der Waals surface area contributed by atoms with Crippen molar-refractivity contribution < 1.29 is 29.4 Å². The van der Waals surface area contributed by atoms with Crippen molar-refractivity contribution in [3.63, 3.8) is 0 Å². The van der Waals surface area contributed by atoms with Crippen molar-refractivity contribution in [3.05, 3.63) is 29.8 Å².